The maximum atomic E-state index is 6.16. The molecule has 0 amide bonds. The molecular weight excluding hydrogens is 148 g/mol. The third-order valence-corrected chi connectivity index (χ3v) is 3.22. The van der Waals surface area contributed by atoms with Gasteiger partial charge in [-0.3, -0.25) is 0 Å². The molecule has 0 aromatic heterocycles. The summed E-state index contributed by atoms with van der Waals surface area (Å²) in [5.74, 6) is 0.704. The van der Waals surface area contributed by atoms with Crippen molar-refractivity contribution >= 4 is 0 Å². The zero-order valence-corrected chi connectivity index (χ0v) is 8.72. The first-order chi connectivity index (χ1) is 5.26. The lowest BCUT2D eigenvalue weighted by Crippen LogP contribution is -2.63. The van der Waals surface area contributed by atoms with Crippen LogP contribution in [0.5, 0.6) is 0 Å². The van der Waals surface area contributed by atoms with Crippen LogP contribution >= 0.6 is 0 Å². The molecule has 0 heterocycles. The Hall–Kier alpha value is -0.0800. The van der Waals surface area contributed by atoms with Gasteiger partial charge >= 0.3 is 0 Å². The van der Waals surface area contributed by atoms with Gasteiger partial charge in [0.25, 0.3) is 0 Å². The number of hydrogen-bond donors (Lipinski definition) is 2. The summed E-state index contributed by atoms with van der Waals surface area (Å²) in [6, 6.07) is 0.126. The molecule has 0 bridgehead atoms. The van der Waals surface area contributed by atoms with Crippen molar-refractivity contribution in [1.29, 1.82) is 0 Å². The van der Waals surface area contributed by atoms with Crippen molar-refractivity contribution in [3.8, 4) is 0 Å². The summed E-state index contributed by atoms with van der Waals surface area (Å²) in [6.07, 6.45) is 2.25. The van der Waals surface area contributed by atoms with Crippen molar-refractivity contribution in [2.24, 2.45) is 22.8 Å². The average Bonchev–Trinajstić information content (AvgIpc) is 1.80. The van der Waals surface area contributed by atoms with E-state index in [9.17, 15) is 0 Å². The molecule has 0 aromatic carbocycles. The molecular formula is C10H22N2. The Labute approximate surface area is 75.7 Å². The summed E-state index contributed by atoms with van der Waals surface area (Å²) in [6.45, 7) is 8.78. The predicted octanol–water partition coefficient (Wildman–Crippen LogP) is 1.49. The molecule has 0 aromatic rings. The van der Waals surface area contributed by atoms with Crippen molar-refractivity contribution in [1.82, 2.24) is 0 Å². The van der Waals surface area contributed by atoms with E-state index in [0.29, 0.717) is 5.92 Å². The Morgan fingerprint density at radius 3 is 2.08 bits per heavy atom. The van der Waals surface area contributed by atoms with Crippen LogP contribution in [0.25, 0.3) is 0 Å². The van der Waals surface area contributed by atoms with Gasteiger partial charge in [-0.05, 0) is 31.1 Å². The Morgan fingerprint density at radius 2 is 1.67 bits per heavy atom. The van der Waals surface area contributed by atoms with Gasteiger partial charge in [-0.2, -0.15) is 0 Å². The zero-order chi connectivity index (χ0) is 9.57. The maximum absolute atomic E-state index is 6.16. The van der Waals surface area contributed by atoms with Crippen LogP contribution in [0.15, 0.2) is 0 Å². The maximum Gasteiger partial charge on any atom is 0.0286 e. The van der Waals surface area contributed by atoms with E-state index < -0.39 is 0 Å². The third kappa shape index (κ3) is 1.64. The molecule has 1 fully saturated rings. The summed E-state index contributed by atoms with van der Waals surface area (Å²) in [5.41, 5.74) is 12.3. The third-order valence-electron chi connectivity index (χ3n) is 3.22. The Morgan fingerprint density at radius 1 is 1.17 bits per heavy atom. The SMILES string of the molecule is CC1CC(C)(C)C(N)C(C)(N)C1. The van der Waals surface area contributed by atoms with E-state index in [1.54, 1.807) is 0 Å². The second-order valence-corrected chi connectivity index (χ2v) is 5.49. The van der Waals surface area contributed by atoms with Gasteiger partial charge in [-0.25, -0.2) is 0 Å². The fourth-order valence-corrected chi connectivity index (χ4v) is 2.87. The van der Waals surface area contributed by atoms with Crippen molar-refractivity contribution in [2.75, 3.05) is 0 Å². The Balaban J connectivity index is 2.84. The van der Waals surface area contributed by atoms with Crippen molar-refractivity contribution in [3.05, 3.63) is 0 Å². The van der Waals surface area contributed by atoms with Crippen LogP contribution < -0.4 is 11.5 Å². The molecule has 0 radical (unpaired) electrons. The van der Waals surface area contributed by atoms with E-state index in [2.05, 4.69) is 27.7 Å². The quantitative estimate of drug-likeness (QED) is 0.578. The molecule has 2 nitrogen and oxygen atoms in total. The molecule has 4 N–H and O–H groups in total. The molecule has 0 saturated heterocycles. The highest BCUT2D eigenvalue weighted by molar-refractivity contribution is 5.03. The summed E-state index contributed by atoms with van der Waals surface area (Å²) in [7, 11) is 0. The molecule has 1 aliphatic rings. The molecule has 3 unspecified atom stereocenters. The molecule has 12 heavy (non-hydrogen) atoms. The van der Waals surface area contributed by atoms with Gasteiger partial charge in [0.1, 0.15) is 0 Å². The highest BCUT2D eigenvalue weighted by Crippen LogP contribution is 2.41. The van der Waals surface area contributed by atoms with Gasteiger partial charge in [-0.15, -0.1) is 0 Å². The van der Waals surface area contributed by atoms with Crippen LogP contribution in [0.2, 0.25) is 0 Å². The van der Waals surface area contributed by atoms with Crippen molar-refractivity contribution in [2.45, 2.75) is 52.1 Å². The van der Waals surface area contributed by atoms with Crippen molar-refractivity contribution < 1.29 is 0 Å². The first-order valence-corrected chi connectivity index (χ1v) is 4.80. The topological polar surface area (TPSA) is 52.0 Å². The highest BCUT2D eigenvalue weighted by atomic mass is 14.9. The van der Waals surface area contributed by atoms with Gasteiger partial charge in [0.2, 0.25) is 0 Å². The largest absolute Gasteiger partial charge is 0.326 e. The second kappa shape index (κ2) is 2.71. The van der Waals surface area contributed by atoms with Crippen LogP contribution in [0.1, 0.15) is 40.5 Å². The minimum Gasteiger partial charge on any atom is -0.326 e. The van der Waals surface area contributed by atoms with E-state index in [1.807, 2.05) is 0 Å². The molecule has 0 spiro atoms. The smallest absolute Gasteiger partial charge is 0.0286 e. The van der Waals surface area contributed by atoms with Crippen LogP contribution in [0, 0.1) is 11.3 Å². The monoisotopic (exact) mass is 170 g/mol. The van der Waals surface area contributed by atoms with Gasteiger partial charge in [-0.1, -0.05) is 20.8 Å². The highest BCUT2D eigenvalue weighted by Gasteiger charge is 2.44. The molecule has 2 heteroatoms. The summed E-state index contributed by atoms with van der Waals surface area (Å²) in [4.78, 5) is 0. The summed E-state index contributed by atoms with van der Waals surface area (Å²) >= 11 is 0. The van der Waals surface area contributed by atoms with E-state index in [4.69, 9.17) is 11.5 Å². The van der Waals surface area contributed by atoms with E-state index in [0.717, 1.165) is 6.42 Å². The molecule has 72 valence electrons. The van der Waals surface area contributed by atoms with Crippen LogP contribution in [-0.4, -0.2) is 11.6 Å². The lowest BCUT2D eigenvalue weighted by atomic mass is 9.62. The number of nitrogens with two attached hydrogens (primary N) is 2. The summed E-state index contributed by atoms with van der Waals surface area (Å²) < 4.78 is 0. The first kappa shape index (κ1) is 10.0. The lowest BCUT2D eigenvalue weighted by molar-refractivity contribution is 0.0856. The standard InChI is InChI=1S/C10H22N2/c1-7-5-9(2,3)8(11)10(4,12)6-7/h7-8H,5-6,11-12H2,1-4H3. The van der Waals surface area contributed by atoms with Crippen molar-refractivity contribution in [3.63, 3.8) is 0 Å². The van der Waals surface area contributed by atoms with Crippen LogP contribution in [0.3, 0.4) is 0 Å². The Bertz CT molecular complexity index is 155. The van der Waals surface area contributed by atoms with E-state index >= 15 is 0 Å². The molecule has 1 rings (SSSR count). The molecule has 1 saturated carbocycles. The first-order valence-electron chi connectivity index (χ1n) is 4.80. The minimum atomic E-state index is -0.179. The molecule has 0 aliphatic heterocycles. The van der Waals surface area contributed by atoms with Gasteiger partial charge < -0.3 is 11.5 Å². The number of hydrogen-bond acceptors (Lipinski definition) is 2. The van der Waals surface area contributed by atoms with Crippen LogP contribution in [0.4, 0.5) is 0 Å². The lowest BCUT2D eigenvalue weighted by Gasteiger charge is -2.49. The minimum absolute atomic E-state index is 0.126. The average molecular weight is 170 g/mol. The Kier molecular flexibility index (Phi) is 2.26. The fourth-order valence-electron chi connectivity index (χ4n) is 2.87. The summed E-state index contributed by atoms with van der Waals surface area (Å²) in [5, 5.41) is 0. The molecule has 1 aliphatic carbocycles. The predicted molar refractivity (Wildman–Crippen MR) is 52.7 cm³/mol. The zero-order valence-electron chi connectivity index (χ0n) is 8.72. The fraction of sp³-hybridized carbons (Fsp3) is 1.00. The van der Waals surface area contributed by atoms with Crippen LogP contribution in [-0.2, 0) is 0 Å². The van der Waals surface area contributed by atoms with Gasteiger partial charge in [0.05, 0.1) is 0 Å². The number of rotatable bonds is 0. The van der Waals surface area contributed by atoms with E-state index in [1.165, 1.54) is 6.42 Å². The second-order valence-electron chi connectivity index (χ2n) is 5.49. The van der Waals surface area contributed by atoms with E-state index in [-0.39, 0.29) is 17.0 Å². The normalized spacial score (nSPS) is 47.5. The van der Waals surface area contributed by atoms with Gasteiger partial charge in [0, 0.05) is 11.6 Å². The van der Waals surface area contributed by atoms with Gasteiger partial charge in [0.15, 0.2) is 0 Å². The molecule has 3 atom stereocenters.